The van der Waals surface area contributed by atoms with Gasteiger partial charge in [0.15, 0.2) is 6.61 Å². The van der Waals surface area contributed by atoms with Crippen LogP contribution in [0.25, 0.3) is 0 Å². The Bertz CT molecular complexity index is 767. The molecule has 7 heteroatoms. The molecule has 0 atom stereocenters. The molecule has 2 amide bonds. The molecule has 0 heterocycles. The number of para-hydroxylation sites is 2. The van der Waals surface area contributed by atoms with Crippen molar-refractivity contribution in [3.63, 3.8) is 0 Å². The Kier molecular flexibility index (Phi) is 6.06. The predicted molar refractivity (Wildman–Crippen MR) is 89.1 cm³/mol. The third-order valence-corrected chi connectivity index (χ3v) is 2.76. The van der Waals surface area contributed by atoms with Crippen molar-refractivity contribution < 1.29 is 14.4 Å². The van der Waals surface area contributed by atoms with Crippen LogP contribution >= 0.6 is 0 Å². The zero-order valence-electron chi connectivity index (χ0n) is 12.6. The van der Waals surface area contributed by atoms with Gasteiger partial charge in [-0.1, -0.05) is 41.6 Å². The number of carbonyl (C=O) groups excluding carboxylic acids is 2. The van der Waals surface area contributed by atoms with Gasteiger partial charge in [-0.15, -0.1) is 0 Å². The number of hydrogen-bond donors (Lipinski definition) is 2. The topological polar surface area (TPSA) is 104 Å². The Labute approximate surface area is 138 Å². The van der Waals surface area contributed by atoms with E-state index in [2.05, 4.69) is 15.8 Å². The summed E-state index contributed by atoms with van der Waals surface area (Å²) in [5, 5.41) is 17.4. The Morgan fingerprint density at radius 2 is 1.50 bits per heavy atom. The highest BCUT2D eigenvalue weighted by molar-refractivity contribution is 6.48. The fourth-order valence-corrected chi connectivity index (χ4v) is 1.70. The molecule has 0 aliphatic heterocycles. The minimum Gasteiger partial charge on any atom is -0.384 e. The fraction of sp³-hybridized carbons (Fsp3) is 0.0588. The highest BCUT2D eigenvalue weighted by Crippen LogP contribution is 2.05. The second-order valence-electron chi connectivity index (χ2n) is 4.56. The minimum absolute atomic E-state index is 0.418. The number of nitrogens with zero attached hydrogens (tertiary/aromatic N) is 2. The van der Waals surface area contributed by atoms with Gasteiger partial charge in [-0.3, -0.25) is 9.59 Å². The van der Waals surface area contributed by atoms with E-state index in [0.717, 1.165) is 0 Å². The van der Waals surface area contributed by atoms with Gasteiger partial charge >= 0.3 is 0 Å². The Balaban J connectivity index is 1.85. The average Bonchev–Trinajstić information content (AvgIpc) is 2.60. The lowest BCUT2D eigenvalue weighted by Crippen LogP contribution is -2.23. The van der Waals surface area contributed by atoms with Crippen molar-refractivity contribution in [1.82, 2.24) is 0 Å². The summed E-state index contributed by atoms with van der Waals surface area (Å²) < 4.78 is 0. The van der Waals surface area contributed by atoms with E-state index in [9.17, 15) is 9.59 Å². The van der Waals surface area contributed by atoms with Crippen molar-refractivity contribution in [2.45, 2.75) is 0 Å². The van der Waals surface area contributed by atoms with Gasteiger partial charge in [0.1, 0.15) is 6.07 Å². The number of nitriles is 1. The number of rotatable bonds is 6. The lowest BCUT2D eigenvalue weighted by Gasteiger charge is -2.05. The van der Waals surface area contributed by atoms with Crippen molar-refractivity contribution in [2.24, 2.45) is 5.16 Å². The summed E-state index contributed by atoms with van der Waals surface area (Å²) in [7, 11) is 0. The maximum absolute atomic E-state index is 11.9. The number of nitrogens with one attached hydrogen (secondary N) is 2. The molecule has 0 bridgehead atoms. The van der Waals surface area contributed by atoms with Crippen LogP contribution in [0, 0.1) is 11.3 Å². The van der Waals surface area contributed by atoms with E-state index in [0.29, 0.717) is 11.4 Å². The summed E-state index contributed by atoms with van der Waals surface area (Å²) in [6, 6.07) is 19.0. The second-order valence-corrected chi connectivity index (χ2v) is 4.56. The van der Waals surface area contributed by atoms with Gasteiger partial charge in [0, 0.05) is 11.4 Å². The van der Waals surface area contributed by atoms with Crippen LogP contribution in [0.2, 0.25) is 0 Å². The molecule has 0 saturated carbocycles. The molecule has 0 aliphatic carbocycles. The zero-order chi connectivity index (χ0) is 17.2. The van der Waals surface area contributed by atoms with Crippen LogP contribution < -0.4 is 10.6 Å². The highest BCUT2D eigenvalue weighted by Gasteiger charge is 2.12. The number of anilines is 2. The maximum atomic E-state index is 11.9. The van der Waals surface area contributed by atoms with Gasteiger partial charge in [0.25, 0.3) is 11.8 Å². The average molecular weight is 322 g/mol. The molecule has 7 nitrogen and oxygen atoms in total. The molecule has 0 spiro atoms. The summed E-state index contributed by atoms with van der Waals surface area (Å²) >= 11 is 0. The molecule has 0 saturated heterocycles. The zero-order valence-corrected chi connectivity index (χ0v) is 12.6. The smallest absolute Gasteiger partial charge is 0.288 e. The van der Waals surface area contributed by atoms with Crippen molar-refractivity contribution >= 4 is 28.9 Å². The van der Waals surface area contributed by atoms with E-state index in [1.165, 1.54) is 0 Å². The molecule has 0 aromatic heterocycles. The summed E-state index contributed by atoms with van der Waals surface area (Å²) in [4.78, 5) is 28.3. The summed E-state index contributed by atoms with van der Waals surface area (Å²) in [5.41, 5.74) is 0.649. The van der Waals surface area contributed by atoms with E-state index in [-0.39, 0.29) is 0 Å². The van der Waals surface area contributed by atoms with E-state index >= 15 is 0 Å². The molecule has 0 radical (unpaired) electrons. The third-order valence-electron chi connectivity index (χ3n) is 2.76. The molecule has 2 aromatic rings. The van der Waals surface area contributed by atoms with Crippen LogP contribution in [0.4, 0.5) is 11.4 Å². The van der Waals surface area contributed by atoms with Crippen LogP contribution in [0.5, 0.6) is 0 Å². The van der Waals surface area contributed by atoms with Crippen LogP contribution in [0.15, 0.2) is 65.8 Å². The van der Waals surface area contributed by atoms with Crippen molar-refractivity contribution in [2.75, 3.05) is 17.2 Å². The van der Waals surface area contributed by atoms with Crippen molar-refractivity contribution in [3.05, 3.63) is 60.7 Å². The molecular formula is C17H14N4O3. The van der Waals surface area contributed by atoms with Gasteiger partial charge < -0.3 is 15.5 Å². The first kappa shape index (κ1) is 16.7. The van der Waals surface area contributed by atoms with Crippen LogP contribution in [0.1, 0.15) is 0 Å². The predicted octanol–water partition coefficient (Wildman–Crippen LogP) is 2.16. The Morgan fingerprint density at radius 3 is 2.04 bits per heavy atom. The second kappa shape index (κ2) is 8.70. The molecule has 0 unspecified atom stereocenters. The van der Waals surface area contributed by atoms with Crippen molar-refractivity contribution in [1.29, 1.82) is 5.26 Å². The largest absolute Gasteiger partial charge is 0.384 e. The monoisotopic (exact) mass is 322 g/mol. The third kappa shape index (κ3) is 5.27. The molecular weight excluding hydrogens is 308 g/mol. The minimum atomic E-state index is -0.716. The lowest BCUT2D eigenvalue weighted by atomic mass is 10.3. The van der Waals surface area contributed by atoms with Crippen LogP contribution in [-0.2, 0) is 14.4 Å². The van der Waals surface area contributed by atoms with Gasteiger partial charge in [-0.05, 0) is 24.3 Å². The number of amides is 2. The first-order valence-corrected chi connectivity index (χ1v) is 7.00. The summed E-state index contributed by atoms with van der Waals surface area (Å²) in [6.45, 7) is -0.418. The van der Waals surface area contributed by atoms with Gasteiger partial charge in [0.05, 0.1) is 0 Å². The van der Waals surface area contributed by atoms with Crippen molar-refractivity contribution in [3.8, 4) is 6.07 Å². The Hall–Kier alpha value is -3.66. The van der Waals surface area contributed by atoms with Gasteiger partial charge in [-0.25, -0.2) is 0 Å². The molecule has 120 valence electrons. The summed E-state index contributed by atoms with van der Waals surface area (Å²) in [5.74, 6) is -1.17. The molecule has 2 aromatic carbocycles. The fourth-order valence-electron chi connectivity index (χ4n) is 1.70. The van der Waals surface area contributed by atoms with Gasteiger partial charge in [-0.2, -0.15) is 5.26 Å². The Morgan fingerprint density at radius 1 is 0.958 bits per heavy atom. The summed E-state index contributed by atoms with van der Waals surface area (Å²) in [6.07, 6.45) is 0. The molecule has 24 heavy (non-hydrogen) atoms. The van der Waals surface area contributed by atoms with E-state index in [1.807, 2.05) is 6.07 Å². The normalized spacial score (nSPS) is 10.4. The number of carbonyl (C=O) groups is 2. The van der Waals surface area contributed by atoms with Gasteiger partial charge in [0.2, 0.25) is 5.71 Å². The number of hydrogen-bond acceptors (Lipinski definition) is 5. The molecule has 2 rings (SSSR count). The van der Waals surface area contributed by atoms with Crippen LogP contribution in [0.3, 0.4) is 0 Å². The molecule has 0 fully saturated rings. The highest BCUT2D eigenvalue weighted by atomic mass is 16.6. The van der Waals surface area contributed by atoms with E-state index in [1.54, 1.807) is 60.7 Å². The molecule has 0 aliphatic rings. The SMILES string of the molecule is N#C/C(=N\OCC(=O)Nc1ccccc1)C(=O)Nc1ccccc1. The lowest BCUT2D eigenvalue weighted by molar-refractivity contribution is -0.120. The quantitative estimate of drug-likeness (QED) is 0.628. The molecule has 2 N–H and O–H groups in total. The number of benzene rings is 2. The van der Waals surface area contributed by atoms with Crippen LogP contribution in [-0.4, -0.2) is 24.1 Å². The van der Waals surface area contributed by atoms with E-state index in [4.69, 9.17) is 10.1 Å². The van der Waals surface area contributed by atoms with E-state index < -0.39 is 24.1 Å². The number of oxime groups is 1. The maximum Gasteiger partial charge on any atom is 0.288 e. The standard InChI is InChI=1S/C17H14N4O3/c18-11-15(17(23)20-14-9-5-2-6-10-14)21-24-12-16(22)19-13-7-3-1-4-8-13/h1-10H,12H2,(H,19,22)(H,20,23)/b21-15+. The first-order valence-electron chi connectivity index (χ1n) is 7.00. The first-order chi connectivity index (χ1) is 11.7.